The second kappa shape index (κ2) is 16.9. The van der Waals surface area contributed by atoms with Gasteiger partial charge in [0.25, 0.3) is 5.69 Å². The quantitative estimate of drug-likeness (QED) is 0.0406. The van der Waals surface area contributed by atoms with Gasteiger partial charge in [0.2, 0.25) is 0 Å². The van der Waals surface area contributed by atoms with Crippen molar-refractivity contribution >= 4 is 25.6 Å². The predicted octanol–water partition coefficient (Wildman–Crippen LogP) is 8.58. The Labute approximate surface area is 307 Å². The maximum Gasteiger partial charge on any atom is 0.530 e. The Balaban J connectivity index is 1.28. The number of nitriles is 1. The molecule has 0 aliphatic heterocycles. The smallest absolute Gasteiger partial charge is 0.458 e. The molecule has 5 rings (SSSR count). The van der Waals surface area contributed by atoms with Gasteiger partial charge in [-0.15, -0.1) is 0 Å². The number of nitrogens with zero attached hydrogens (tertiary/aromatic N) is 2. The van der Waals surface area contributed by atoms with E-state index in [1.165, 1.54) is 37.3 Å². The number of phosphoric acid groups is 1. The number of hydrogen-bond acceptors (Lipinski definition) is 11. The largest absolute Gasteiger partial charge is 0.530 e. The van der Waals surface area contributed by atoms with Gasteiger partial charge in [0, 0.05) is 18.4 Å². The van der Waals surface area contributed by atoms with E-state index in [0.717, 1.165) is 22.3 Å². The molecular weight excluding hydrogens is 701 g/mol. The predicted molar refractivity (Wildman–Crippen MR) is 195 cm³/mol. The fourth-order valence-electron chi connectivity index (χ4n) is 5.93. The average molecular weight is 742 g/mol. The zero-order valence-electron chi connectivity index (χ0n) is 29.7. The summed E-state index contributed by atoms with van der Waals surface area (Å²) < 4.78 is 41.7. The first-order chi connectivity index (χ1) is 25.3. The number of carbonyl (C=O) groups excluding carboxylic acids is 2. The minimum absolute atomic E-state index is 0.0148. The van der Waals surface area contributed by atoms with Crippen molar-refractivity contribution in [2.75, 3.05) is 13.2 Å². The topological polar surface area (TPSA) is 176 Å². The summed E-state index contributed by atoms with van der Waals surface area (Å²) in [7, 11) is -4.42. The summed E-state index contributed by atoms with van der Waals surface area (Å²) in [5, 5.41) is 23.2. The highest BCUT2D eigenvalue weighted by atomic mass is 31.2. The van der Waals surface area contributed by atoms with Crippen LogP contribution in [0.2, 0.25) is 0 Å². The van der Waals surface area contributed by atoms with Crippen LogP contribution in [0.4, 0.5) is 10.5 Å². The monoisotopic (exact) mass is 741 g/mol. The van der Waals surface area contributed by atoms with Crippen molar-refractivity contribution in [3.63, 3.8) is 0 Å². The fourth-order valence-corrected chi connectivity index (χ4v) is 7.28. The Kier molecular flexibility index (Phi) is 12.3. The highest BCUT2D eigenvalue weighted by molar-refractivity contribution is 7.48. The number of rotatable bonds is 15. The molecule has 0 saturated carbocycles. The van der Waals surface area contributed by atoms with Gasteiger partial charge in [0.15, 0.2) is 0 Å². The van der Waals surface area contributed by atoms with Crippen molar-refractivity contribution in [2.24, 2.45) is 0 Å². The summed E-state index contributed by atoms with van der Waals surface area (Å²) in [6.45, 7) is 6.40. The number of ether oxygens (including phenoxy) is 2. The van der Waals surface area contributed by atoms with Crippen LogP contribution in [0.1, 0.15) is 68.4 Å². The van der Waals surface area contributed by atoms with Gasteiger partial charge >= 0.3 is 19.9 Å². The van der Waals surface area contributed by atoms with Gasteiger partial charge in [-0.25, -0.2) is 14.2 Å². The number of nitro benzene ring substituents is 1. The molecule has 0 fully saturated rings. The number of phosphoric ester groups is 1. The average Bonchev–Trinajstić information content (AvgIpc) is 3.44. The Bertz CT molecular complexity index is 1990. The number of para-hydroxylation sites is 1. The lowest BCUT2D eigenvalue weighted by molar-refractivity contribution is -0.386. The van der Waals surface area contributed by atoms with Gasteiger partial charge in [-0.05, 0) is 73.7 Å². The van der Waals surface area contributed by atoms with E-state index in [4.69, 9.17) is 28.3 Å². The maximum atomic E-state index is 13.8. The molecular formula is C39H40N3O10P. The first-order valence-electron chi connectivity index (χ1n) is 16.9. The van der Waals surface area contributed by atoms with Crippen molar-refractivity contribution in [3.8, 4) is 22.9 Å². The molecule has 0 spiro atoms. The van der Waals surface area contributed by atoms with Gasteiger partial charge in [0.05, 0.1) is 35.7 Å². The molecule has 4 aromatic carbocycles. The minimum atomic E-state index is -4.42. The second-order valence-corrected chi connectivity index (χ2v) is 14.8. The maximum absolute atomic E-state index is 13.8. The van der Waals surface area contributed by atoms with E-state index < -0.39 is 42.6 Å². The van der Waals surface area contributed by atoms with Crippen LogP contribution in [0.5, 0.6) is 5.75 Å². The standard InChI is InChI=1S/C39H40N3O10P/c1-26(29-12-9-10-17-36(29)42(45)46)51-53(47,49-23-11-22-40)52-28-20-18-27(19-21-28)24-35(37(43)50-39(2,3)4)41-38(44)48-25-34-32-15-7-5-13-30(32)31-14-6-8-16-33(31)34/h5-10,12-21,26,34-35H,11,23-25H2,1-4H3,(H,41,44)/t26?,35-,53?/m0/s1. The number of esters is 1. The van der Waals surface area contributed by atoms with Crippen LogP contribution in [-0.4, -0.2) is 41.8 Å². The van der Waals surface area contributed by atoms with E-state index in [1.54, 1.807) is 39.0 Å². The molecule has 3 atom stereocenters. The number of fused-ring (bicyclic) bond motifs is 3. The lowest BCUT2D eigenvalue weighted by Crippen LogP contribution is -2.46. The minimum Gasteiger partial charge on any atom is -0.458 e. The summed E-state index contributed by atoms with van der Waals surface area (Å²) >= 11 is 0. The lowest BCUT2D eigenvalue weighted by Gasteiger charge is -2.25. The molecule has 0 radical (unpaired) electrons. The van der Waals surface area contributed by atoms with Crippen molar-refractivity contribution in [2.45, 2.75) is 64.2 Å². The van der Waals surface area contributed by atoms with E-state index in [2.05, 4.69) is 5.32 Å². The molecule has 0 bridgehead atoms. The molecule has 0 saturated heterocycles. The van der Waals surface area contributed by atoms with E-state index in [-0.39, 0.29) is 49.0 Å². The fraction of sp³-hybridized carbons (Fsp3) is 0.308. The SMILES string of the molecule is CC(OP(=O)(OCCC#N)Oc1ccc(C[C@H](NC(=O)OCC2c3ccccc3-c3ccccc32)C(=O)OC(C)(C)C)cc1)c1ccccc1[N+](=O)[O-]. The van der Waals surface area contributed by atoms with Gasteiger partial charge in [-0.2, -0.15) is 5.26 Å². The third-order valence-corrected chi connectivity index (χ3v) is 9.74. The molecule has 1 N–H and O–H groups in total. The molecule has 53 heavy (non-hydrogen) atoms. The summed E-state index contributed by atoms with van der Waals surface area (Å²) in [5.41, 5.74) is 3.94. The number of carbonyl (C=O) groups is 2. The second-order valence-electron chi connectivity index (χ2n) is 13.2. The summed E-state index contributed by atoms with van der Waals surface area (Å²) in [4.78, 5) is 37.5. The zero-order chi connectivity index (χ0) is 38.2. The van der Waals surface area contributed by atoms with E-state index in [9.17, 15) is 24.3 Å². The van der Waals surface area contributed by atoms with Crippen LogP contribution in [-0.2, 0) is 34.3 Å². The number of hydrogen-bond donors (Lipinski definition) is 1. The number of nitrogens with one attached hydrogen (secondary N) is 1. The van der Waals surface area contributed by atoms with Gasteiger partial charge < -0.3 is 19.3 Å². The Hall–Kier alpha value is -5.54. The summed E-state index contributed by atoms with van der Waals surface area (Å²) in [6.07, 6.45) is -1.97. The number of nitro groups is 1. The van der Waals surface area contributed by atoms with Crippen LogP contribution in [0.25, 0.3) is 11.1 Å². The molecule has 1 aliphatic rings. The molecule has 0 heterocycles. The number of benzene rings is 4. The number of amides is 1. The Morgan fingerprint density at radius 3 is 2.15 bits per heavy atom. The van der Waals surface area contributed by atoms with Crippen LogP contribution in [0.3, 0.4) is 0 Å². The highest BCUT2D eigenvalue weighted by Gasteiger charge is 2.35. The zero-order valence-corrected chi connectivity index (χ0v) is 30.6. The van der Waals surface area contributed by atoms with Crippen LogP contribution < -0.4 is 9.84 Å². The Morgan fingerprint density at radius 2 is 1.55 bits per heavy atom. The molecule has 13 nitrogen and oxygen atoms in total. The number of alkyl carbamates (subject to hydrolysis) is 1. The van der Waals surface area contributed by atoms with Gasteiger partial charge in [0.1, 0.15) is 24.0 Å². The van der Waals surface area contributed by atoms with E-state index in [0.29, 0.717) is 5.56 Å². The molecule has 4 aromatic rings. The van der Waals surface area contributed by atoms with Crippen molar-refractivity contribution in [3.05, 3.63) is 129 Å². The van der Waals surface area contributed by atoms with Crippen molar-refractivity contribution in [1.82, 2.24) is 5.32 Å². The highest BCUT2D eigenvalue weighted by Crippen LogP contribution is 2.53. The van der Waals surface area contributed by atoms with Gasteiger partial charge in [-0.1, -0.05) is 72.8 Å². The third kappa shape index (κ3) is 10.1. The summed E-state index contributed by atoms with van der Waals surface area (Å²) in [6, 6.07) is 28.6. The van der Waals surface area contributed by atoms with Crippen molar-refractivity contribution < 1.29 is 42.1 Å². The van der Waals surface area contributed by atoms with Crippen LogP contribution >= 0.6 is 7.82 Å². The summed E-state index contributed by atoms with van der Waals surface area (Å²) in [5.74, 6) is -0.781. The van der Waals surface area contributed by atoms with E-state index >= 15 is 0 Å². The molecule has 1 aliphatic carbocycles. The first kappa shape index (κ1) is 38.7. The van der Waals surface area contributed by atoms with Gasteiger partial charge in [-0.3, -0.25) is 19.2 Å². The lowest BCUT2D eigenvalue weighted by atomic mass is 9.98. The third-order valence-electron chi connectivity index (χ3n) is 8.23. The normalized spacial score (nSPS) is 14.4. The van der Waals surface area contributed by atoms with Crippen LogP contribution in [0, 0.1) is 21.4 Å². The molecule has 2 unspecified atom stereocenters. The van der Waals surface area contributed by atoms with Crippen molar-refractivity contribution in [1.29, 1.82) is 5.26 Å². The molecule has 1 amide bonds. The molecule has 0 aromatic heterocycles. The Morgan fingerprint density at radius 1 is 0.943 bits per heavy atom. The first-order valence-corrected chi connectivity index (χ1v) is 18.4. The van der Waals surface area contributed by atoms with E-state index in [1.807, 2.05) is 54.6 Å². The molecule has 276 valence electrons. The molecule has 14 heteroatoms. The van der Waals surface area contributed by atoms with Crippen LogP contribution in [0.15, 0.2) is 97.1 Å².